The van der Waals surface area contributed by atoms with Gasteiger partial charge in [-0.3, -0.25) is 0 Å². The van der Waals surface area contributed by atoms with Crippen molar-refractivity contribution in [3.05, 3.63) is 17.6 Å². The first-order valence-corrected chi connectivity index (χ1v) is 6.73. The minimum atomic E-state index is 0.525. The van der Waals surface area contributed by atoms with Gasteiger partial charge in [-0.05, 0) is 38.6 Å². The number of aromatic nitrogens is 2. The topological polar surface area (TPSA) is 49.8 Å². The smallest absolute Gasteiger partial charge is 0.133 e. The molecule has 1 saturated heterocycles. The Morgan fingerprint density at radius 3 is 3.18 bits per heavy atom. The van der Waals surface area contributed by atoms with Crippen LogP contribution in [0.15, 0.2) is 6.33 Å². The summed E-state index contributed by atoms with van der Waals surface area (Å²) in [5.74, 6) is 1.08. The molecule has 0 bridgehead atoms. The Hall–Kier alpha value is -1.16. The van der Waals surface area contributed by atoms with E-state index in [0.29, 0.717) is 6.04 Å². The number of anilines is 1. The Bertz CT molecular complexity index is 383. The molecule has 4 nitrogen and oxygen atoms in total. The second-order valence-electron chi connectivity index (χ2n) is 5.04. The van der Waals surface area contributed by atoms with Gasteiger partial charge in [-0.1, -0.05) is 6.42 Å². The fourth-order valence-corrected chi connectivity index (χ4v) is 2.82. The summed E-state index contributed by atoms with van der Waals surface area (Å²) in [5.41, 5.74) is 2.61. The maximum Gasteiger partial charge on any atom is 0.133 e. The molecule has 1 fully saturated rings. The van der Waals surface area contributed by atoms with Crippen molar-refractivity contribution in [2.24, 2.45) is 0 Å². The predicted octanol–water partition coefficient (Wildman–Crippen LogP) is 1.52. The summed E-state index contributed by atoms with van der Waals surface area (Å²) < 4.78 is 0. The average molecular weight is 232 g/mol. The van der Waals surface area contributed by atoms with Gasteiger partial charge in [0.05, 0.1) is 0 Å². The largest absolute Gasteiger partial charge is 0.366 e. The van der Waals surface area contributed by atoms with E-state index in [9.17, 15) is 0 Å². The van der Waals surface area contributed by atoms with Crippen LogP contribution >= 0.6 is 0 Å². The molecule has 4 heteroatoms. The third kappa shape index (κ3) is 2.41. The van der Waals surface area contributed by atoms with Crippen LogP contribution in [0, 0.1) is 0 Å². The van der Waals surface area contributed by atoms with Gasteiger partial charge in [-0.25, -0.2) is 9.97 Å². The van der Waals surface area contributed by atoms with Gasteiger partial charge < -0.3 is 10.6 Å². The van der Waals surface area contributed by atoms with Crippen LogP contribution in [0.25, 0.3) is 0 Å². The highest BCUT2D eigenvalue weighted by Gasteiger charge is 2.19. The van der Waals surface area contributed by atoms with E-state index in [0.717, 1.165) is 31.7 Å². The summed E-state index contributed by atoms with van der Waals surface area (Å²) in [7, 11) is 0. The third-order valence-electron chi connectivity index (χ3n) is 3.76. The van der Waals surface area contributed by atoms with E-state index >= 15 is 0 Å². The fourth-order valence-electron chi connectivity index (χ4n) is 2.82. The first kappa shape index (κ1) is 11.0. The molecule has 1 unspecified atom stereocenters. The maximum atomic E-state index is 4.43. The first-order valence-electron chi connectivity index (χ1n) is 6.73. The van der Waals surface area contributed by atoms with Crippen molar-refractivity contribution in [3.63, 3.8) is 0 Å². The molecule has 0 spiro atoms. The lowest BCUT2D eigenvalue weighted by molar-refractivity contribution is 0.632. The summed E-state index contributed by atoms with van der Waals surface area (Å²) in [6.45, 7) is 2.21. The molecule has 1 aliphatic carbocycles. The van der Waals surface area contributed by atoms with Crippen LogP contribution < -0.4 is 10.6 Å². The number of hydrogen-bond donors (Lipinski definition) is 2. The number of hydrogen-bond acceptors (Lipinski definition) is 4. The zero-order valence-corrected chi connectivity index (χ0v) is 10.2. The van der Waals surface area contributed by atoms with Crippen LogP contribution in [-0.4, -0.2) is 29.1 Å². The average Bonchev–Trinajstić information content (AvgIpc) is 2.69. The predicted molar refractivity (Wildman–Crippen MR) is 68.2 cm³/mol. The third-order valence-corrected chi connectivity index (χ3v) is 3.76. The van der Waals surface area contributed by atoms with Crippen molar-refractivity contribution in [3.8, 4) is 0 Å². The van der Waals surface area contributed by atoms with Crippen molar-refractivity contribution in [2.75, 3.05) is 18.4 Å². The summed E-state index contributed by atoms with van der Waals surface area (Å²) in [6.07, 6.45) is 9.03. The van der Waals surface area contributed by atoms with Crippen LogP contribution in [0.1, 0.15) is 36.9 Å². The Balaban J connectivity index is 1.74. The van der Waals surface area contributed by atoms with Crippen molar-refractivity contribution in [1.82, 2.24) is 15.3 Å². The SMILES string of the molecule is c1nc2c(c(NC3CCCCNC3)n1)CCC2. The van der Waals surface area contributed by atoms with E-state index in [1.54, 1.807) is 6.33 Å². The number of fused-ring (bicyclic) bond motifs is 1. The lowest BCUT2D eigenvalue weighted by atomic mass is 10.1. The van der Waals surface area contributed by atoms with Gasteiger partial charge in [-0.15, -0.1) is 0 Å². The van der Waals surface area contributed by atoms with Crippen molar-refractivity contribution in [1.29, 1.82) is 0 Å². The minimum Gasteiger partial charge on any atom is -0.366 e. The van der Waals surface area contributed by atoms with E-state index in [2.05, 4.69) is 20.6 Å². The van der Waals surface area contributed by atoms with Crippen molar-refractivity contribution in [2.45, 2.75) is 44.6 Å². The van der Waals surface area contributed by atoms with Gasteiger partial charge in [0.25, 0.3) is 0 Å². The molecule has 1 atom stereocenters. The lowest BCUT2D eigenvalue weighted by Gasteiger charge is -2.18. The molecule has 2 heterocycles. The number of aryl methyl sites for hydroxylation is 1. The Kier molecular flexibility index (Phi) is 3.22. The van der Waals surface area contributed by atoms with E-state index in [1.165, 1.54) is 36.9 Å². The van der Waals surface area contributed by atoms with Gasteiger partial charge in [0, 0.05) is 23.8 Å². The van der Waals surface area contributed by atoms with Crippen molar-refractivity contribution >= 4 is 5.82 Å². The van der Waals surface area contributed by atoms with Gasteiger partial charge in [0.2, 0.25) is 0 Å². The van der Waals surface area contributed by atoms with E-state index < -0.39 is 0 Å². The molecule has 0 saturated carbocycles. The fraction of sp³-hybridized carbons (Fsp3) is 0.692. The highest BCUT2D eigenvalue weighted by molar-refractivity contribution is 5.48. The van der Waals surface area contributed by atoms with Gasteiger partial charge in [0.1, 0.15) is 12.1 Å². The van der Waals surface area contributed by atoms with E-state index in [-0.39, 0.29) is 0 Å². The van der Waals surface area contributed by atoms with E-state index in [4.69, 9.17) is 0 Å². The van der Waals surface area contributed by atoms with Crippen LogP contribution in [0.3, 0.4) is 0 Å². The molecule has 1 aromatic heterocycles. The normalized spacial score (nSPS) is 24.1. The molecule has 92 valence electrons. The Morgan fingerprint density at radius 1 is 1.18 bits per heavy atom. The maximum absolute atomic E-state index is 4.43. The van der Waals surface area contributed by atoms with E-state index in [1.807, 2.05) is 0 Å². The van der Waals surface area contributed by atoms with Crippen LogP contribution in [0.4, 0.5) is 5.82 Å². The lowest BCUT2D eigenvalue weighted by Crippen LogP contribution is -2.31. The zero-order valence-electron chi connectivity index (χ0n) is 10.2. The molecule has 1 aliphatic heterocycles. The molecule has 1 aromatic rings. The molecule has 0 amide bonds. The second-order valence-corrected chi connectivity index (χ2v) is 5.04. The number of nitrogens with one attached hydrogen (secondary N) is 2. The van der Waals surface area contributed by atoms with Crippen LogP contribution in [0.5, 0.6) is 0 Å². The molecule has 0 radical (unpaired) electrons. The first-order chi connectivity index (χ1) is 8.43. The zero-order chi connectivity index (χ0) is 11.5. The Morgan fingerprint density at radius 2 is 2.18 bits per heavy atom. The highest BCUT2D eigenvalue weighted by atomic mass is 15.1. The minimum absolute atomic E-state index is 0.525. The number of nitrogens with zero attached hydrogens (tertiary/aromatic N) is 2. The second kappa shape index (κ2) is 5.00. The van der Waals surface area contributed by atoms with Gasteiger partial charge >= 0.3 is 0 Å². The molecular formula is C13H20N4. The monoisotopic (exact) mass is 232 g/mol. The summed E-state index contributed by atoms with van der Waals surface area (Å²) in [5, 5.41) is 7.09. The molecule has 0 aromatic carbocycles. The van der Waals surface area contributed by atoms with Crippen molar-refractivity contribution < 1.29 is 0 Å². The summed E-state index contributed by atoms with van der Waals surface area (Å²) in [4.78, 5) is 8.79. The quantitative estimate of drug-likeness (QED) is 0.811. The van der Waals surface area contributed by atoms with Crippen LogP contribution in [-0.2, 0) is 12.8 Å². The summed E-state index contributed by atoms with van der Waals surface area (Å²) in [6, 6.07) is 0.525. The van der Waals surface area contributed by atoms with Crippen LogP contribution in [0.2, 0.25) is 0 Å². The molecule has 2 aliphatic rings. The molecule has 17 heavy (non-hydrogen) atoms. The van der Waals surface area contributed by atoms with Gasteiger partial charge in [-0.2, -0.15) is 0 Å². The van der Waals surface area contributed by atoms with Gasteiger partial charge in [0.15, 0.2) is 0 Å². The molecule has 3 rings (SSSR count). The summed E-state index contributed by atoms with van der Waals surface area (Å²) >= 11 is 0. The molecular weight excluding hydrogens is 212 g/mol. The standard InChI is InChI=1S/C13H20N4/c1-2-7-14-8-10(4-1)17-13-11-5-3-6-12(11)15-9-16-13/h9-10,14H,1-8H2,(H,15,16,17). The Labute approximate surface area is 102 Å². The number of rotatable bonds is 2. The highest BCUT2D eigenvalue weighted by Crippen LogP contribution is 2.26. The molecule has 2 N–H and O–H groups in total.